The molecule has 0 radical (unpaired) electrons. The monoisotopic (exact) mass is 546 g/mol. The second kappa shape index (κ2) is 12.5. The van der Waals surface area contributed by atoms with Crippen LogP contribution in [0.5, 0.6) is 11.5 Å². The highest BCUT2D eigenvalue weighted by molar-refractivity contribution is 7.93. The van der Waals surface area contributed by atoms with E-state index >= 15 is 0 Å². The number of aryl methyl sites for hydroxylation is 2. The zero-order chi connectivity index (χ0) is 27.9. The quantitative estimate of drug-likeness (QED) is 0.319. The number of anilines is 1. The van der Waals surface area contributed by atoms with E-state index in [1.165, 1.54) is 18.8 Å². The van der Waals surface area contributed by atoms with Crippen molar-refractivity contribution < 1.29 is 24.4 Å². The Balaban J connectivity index is 0.00000127. The highest BCUT2D eigenvalue weighted by Crippen LogP contribution is 2.37. The summed E-state index contributed by atoms with van der Waals surface area (Å²) in [6.45, 7) is 5.37. The molecule has 0 saturated carbocycles. The fourth-order valence-electron chi connectivity index (χ4n) is 3.43. The van der Waals surface area contributed by atoms with E-state index in [1.54, 1.807) is 68.4 Å². The lowest BCUT2D eigenvalue weighted by molar-refractivity contribution is 0.318. The van der Waals surface area contributed by atoms with Gasteiger partial charge in [-0.15, -0.1) is 10.2 Å². The largest absolute Gasteiger partial charge is 0.494 e. The van der Waals surface area contributed by atoms with Gasteiger partial charge in [0.05, 0.1) is 19.5 Å². The number of hydrogen-bond donors (Lipinski definition) is 2. The molecule has 0 aliphatic heterocycles. The number of sulfonamides is 1. The first-order valence-electron chi connectivity index (χ1n) is 11.7. The number of benzene rings is 1. The SMILES string of the molecule is CCO.COc1cccc(OC)c1-n1c(NS(=O)(=O)[C@H](C)Cc2ncc(C)cn2)nnc1-c1ccn(C)n1.[HH]. The van der Waals surface area contributed by atoms with Gasteiger partial charge >= 0.3 is 0 Å². The normalized spacial score (nSPS) is 11.9. The van der Waals surface area contributed by atoms with Crippen LogP contribution >= 0.6 is 0 Å². The van der Waals surface area contributed by atoms with Gasteiger partial charge in [-0.05, 0) is 44.5 Å². The summed E-state index contributed by atoms with van der Waals surface area (Å²) in [7, 11) is 0.876. The Morgan fingerprint density at radius 1 is 1.11 bits per heavy atom. The smallest absolute Gasteiger partial charge is 0.243 e. The zero-order valence-electron chi connectivity index (χ0n) is 22.2. The first kappa shape index (κ1) is 28.5. The van der Waals surface area contributed by atoms with E-state index in [1.807, 2.05) is 6.92 Å². The van der Waals surface area contributed by atoms with Crippen molar-refractivity contribution in [3.05, 3.63) is 54.2 Å². The van der Waals surface area contributed by atoms with E-state index in [0.29, 0.717) is 34.5 Å². The van der Waals surface area contributed by atoms with E-state index in [4.69, 9.17) is 14.6 Å². The molecule has 1 atom stereocenters. The van der Waals surface area contributed by atoms with Gasteiger partial charge in [0.1, 0.15) is 28.7 Å². The molecule has 0 unspecified atom stereocenters. The van der Waals surface area contributed by atoms with Gasteiger partial charge in [-0.25, -0.2) is 18.4 Å². The zero-order valence-corrected chi connectivity index (χ0v) is 23.0. The summed E-state index contributed by atoms with van der Waals surface area (Å²) in [6, 6.07) is 6.98. The number of methoxy groups -OCH3 is 2. The van der Waals surface area contributed by atoms with Crippen molar-refractivity contribution in [1.82, 2.24) is 34.5 Å². The Labute approximate surface area is 223 Å². The molecule has 0 spiro atoms. The van der Waals surface area contributed by atoms with Crippen molar-refractivity contribution in [1.29, 1.82) is 0 Å². The summed E-state index contributed by atoms with van der Waals surface area (Å²) in [6.07, 6.45) is 5.17. The number of rotatable bonds is 9. The first-order chi connectivity index (χ1) is 18.1. The molecule has 1 aromatic carbocycles. The second-order valence-electron chi connectivity index (χ2n) is 8.22. The Bertz CT molecular complexity index is 1440. The summed E-state index contributed by atoms with van der Waals surface area (Å²) < 4.78 is 43.4. The van der Waals surface area contributed by atoms with Gasteiger partial charge in [-0.1, -0.05) is 6.07 Å². The summed E-state index contributed by atoms with van der Waals surface area (Å²) in [4.78, 5) is 8.43. The molecule has 38 heavy (non-hydrogen) atoms. The standard InChI is InChI=1S/C22H26N8O4S.C2H6O.H2/c1-14-12-23-19(24-13-14)11-15(2)35(31,32)28-22-26-25-21(16-9-10-29(3)27-16)30(22)20-17(33-4)7-6-8-18(20)34-5;1-2-3;/h6-10,12-13,15H,11H2,1-5H3,(H,26,28);3H,2H2,1H3;1H/t15-;;/m1../s1. The Hall–Kier alpha value is -4.04. The molecule has 3 aromatic heterocycles. The maximum Gasteiger partial charge on any atom is 0.243 e. The van der Waals surface area contributed by atoms with Crippen LogP contribution in [-0.4, -0.2) is 74.1 Å². The third kappa shape index (κ3) is 6.44. The number of aliphatic hydroxyl groups excluding tert-OH is 1. The molecule has 0 aliphatic carbocycles. The maximum absolute atomic E-state index is 13.3. The molecular weight excluding hydrogens is 512 g/mol. The molecular formula is C24H34N8O5S. The van der Waals surface area contributed by atoms with Crippen LogP contribution in [0.25, 0.3) is 17.2 Å². The molecule has 0 amide bonds. The van der Waals surface area contributed by atoms with Crippen LogP contribution < -0.4 is 14.2 Å². The van der Waals surface area contributed by atoms with Crippen LogP contribution in [0.3, 0.4) is 0 Å². The average Bonchev–Trinajstić information content (AvgIpc) is 3.50. The summed E-state index contributed by atoms with van der Waals surface area (Å²) in [5, 5.41) is 19.5. The predicted molar refractivity (Wildman–Crippen MR) is 144 cm³/mol. The minimum atomic E-state index is -3.92. The van der Waals surface area contributed by atoms with Crippen LogP contribution in [0.1, 0.15) is 26.7 Å². The van der Waals surface area contributed by atoms with Crippen LogP contribution in [-0.2, 0) is 23.5 Å². The number of aromatic nitrogens is 7. The van der Waals surface area contributed by atoms with E-state index in [2.05, 4.69) is 30.0 Å². The van der Waals surface area contributed by atoms with Gasteiger partial charge in [-0.2, -0.15) is 5.10 Å². The molecule has 13 nitrogen and oxygen atoms in total. The molecule has 4 rings (SSSR count). The number of hydrogen-bond acceptors (Lipinski definition) is 10. The van der Waals surface area contributed by atoms with Crippen molar-refractivity contribution in [2.75, 3.05) is 25.5 Å². The Kier molecular flexibility index (Phi) is 9.36. The number of nitrogens with one attached hydrogen (secondary N) is 1. The van der Waals surface area contributed by atoms with Gasteiger partial charge in [0.25, 0.3) is 0 Å². The van der Waals surface area contributed by atoms with Gasteiger partial charge < -0.3 is 14.6 Å². The fourth-order valence-corrected chi connectivity index (χ4v) is 4.39. The number of ether oxygens (including phenoxy) is 2. The van der Waals surface area contributed by atoms with Gasteiger partial charge in [0.15, 0.2) is 5.82 Å². The third-order valence-corrected chi connectivity index (χ3v) is 6.99. The summed E-state index contributed by atoms with van der Waals surface area (Å²) in [5.41, 5.74) is 1.80. The molecule has 2 N–H and O–H groups in total. The lowest BCUT2D eigenvalue weighted by atomic mass is 10.2. The average molecular weight is 547 g/mol. The molecule has 4 aromatic rings. The van der Waals surface area contributed by atoms with Crippen LogP contribution in [0.15, 0.2) is 42.9 Å². The van der Waals surface area contributed by atoms with E-state index in [-0.39, 0.29) is 20.4 Å². The van der Waals surface area contributed by atoms with Crippen molar-refractivity contribution in [2.45, 2.75) is 32.4 Å². The molecule has 0 bridgehead atoms. The first-order valence-corrected chi connectivity index (χ1v) is 13.3. The summed E-state index contributed by atoms with van der Waals surface area (Å²) in [5.74, 6) is 1.56. The minimum absolute atomic E-state index is 0. The van der Waals surface area contributed by atoms with Crippen molar-refractivity contribution >= 4 is 16.0 Å². The minimum Gasteiger partial charge on any atom is -0.494 e. The van der Waals surface area contributed by atoms with E-state index in [0.717, 1.165) is 5.56 Å². The van der Waals surface area contributed by atoms with Crippen LogP contribution in [0.4, 0.5) is 5.95 Å². The molecule has 14 heteroatoms. The predicted octanol–water partition coefficient (Wildman–Crippen LogP) is 2.40. The maximum atomic E-state index is 13.3. The fraction of sp³-hybridized carbons (Fsp3) is 0.375. The van der Waals surface area contributed by atoms with Gasteiger partial charge in [0.2, 0.25) is 16.0 Å². The Morgan fingerprint density at radius 3 is 2.24 bits per heavy atom. The summed E-state index contributed by atoms with van der Waals surface area (Å²) >= 11 is 0. The highest BCUT2D eigenvalue weighted by Gasteiger charge is 2.29. The van der Waals surface area contributed by atoms with E-state index < -0.39 is 15.3 Å². The van der Waals surface area contributed by atoms with Crippen molar-refractivity contribution in [2.24, 2.45) is 7.05 Å². The number of aliphatic hydroxyl groups is 1. The molecule has 3 heterocycles. The lowest BCUT2D eigenvalue weighted by Crippen LogP contribution is -2.29. The number of para-hydroxylation sites is 1. The number of nitrogens with zero attached hydrogens (tertiary/aromatic N) is 7. The van der Waals surface area contributed by atoms with Crippen molar-refractivity contribution in [3.8, 4) is 28.7 Å². The van der Waals surface area contributed by atoms with Crippen LogP contribution in [0.2, 0.25) is 0 Å². The third-order valence-electron chi connectivity index (χ3n) is 5.30. The van der Waals surface area contributed by atoms with Gasteiger partial charge in [-0.3, -0.25) is 14.0 Å². The van der Waals surface area contributed by atoms with Crippen molar-refractivity contribution in [3.63, 3.8) is 0 Å². The lowest BCUT2D eigenvalue weighted by Gasteiger charge is -2.18. The molecule has 206 valence electrons. The van der Waals surface area contributed by atoms with Gasteiger partial charge in [0, 0.05) is 40.1 Å². The Morgan fingerprint density at radius 2 is 1.71 bits per heavy atom. The second-order valence-corrected chi connectivity index (χ2v) is 10.3. The molecule has 0 fully saturated rings. The highest BCUT2D eigenvalue weighted by atomic mass is 32.2. The topological polar surface area (TPSA) is 159 Å². The molecule has 0 aliphatic rings. The van der Waals surface area contributed by atoms with Crippen LogP contribution in [0, 0.1) is 6.92 Å². The molecule has 0 saturated heterocycles. The van der Waals surface area contributed by atoms with E-state index in [9.17, 15) is 8.42 Å².